The maximum absolute atomic E-state index is 11.7. The second kappa shape index (κ2) is 4.65. The predicted octanol–water partition coefficient (Wildman–Crippen LogP) is 1.92. The molecule has 16 heavy (non-hydrogen) atoms. The average molecular weight is 235 g/mol. The van der Waals surface area contributed by atoms with Gasteiger partial charge in [0.25, 0.3) is 5.56 Å². The Morgan fingerprint density at radius 1 is 1.44 bits per heavy atom. The highest BCUT2D eigenvalue weighted by Gasteiger charge is 2.05. The quantitative estimate of drug-likeness (QED) is 0.602. The third-order valence-electron chi connectivity index (χ3n) is 2.33. The van der Waals surface area contributed by atoms with E-state index in [9.17, 15) is 4.79 Å². The average Bonchev–Trinajstić information content (AvgIpc) is 2.32. The molecule has 0 aliphatic heterocycles. The third-order valence-corrected chi connectivity index (χ3v) is 2.89. The van der Waals surface area contributed by atoms with Gasteiger partial charge in [-0.05, 0) is 18.7 Å². The summed E-state index contributed by atoms with van der Waals surface area (Å²) in [6.45, 7) is 2.74. The normalized spacial score (nSPS) is 10.9. The lowest BCUT2D eigenvalue weighted by Gasteiger charge is -2.07. The molecule has 0 aromatic carbocycles. The van der Waals surface area contributed by atoms with Crippen LogP contribution in [0.3, 0.4) is 0 Å². The van der Waals surface area contributed by atoms with E-state index in [0.29, 0.717) is 11.7 Å². The van der Waals surface area contributed by atoms with E-state index in [2.05, 4.69) is 9.97 Å². The summed E-state index contributed by atoms with van der Waals surface area (Å²) < 4.78 is 1.71. The minimum Gasteiger partial charge on any atom is -0.293 e. The molecule has 0 aliphatic carbocycles. The summed E-state index contributed by atoms with van der Waals surface area (Å²) >= 11 is 1.48. The molecule has 0 spiro atoms. The third kappa shape index (κ3) is 1.95. The largest absolute Gasteiger partial charge is 0.293 e. The van der Waals surface area contributed by atoms with Crippen LogP contribution < -0.4 is 5.56 Å². The van der Waals surface area contributed by atoms with Crippen LogP contribution >= 0.6 is 11.8 Å². The minimum absolute atomic E-state index is 0.0000954. The molecule has 2 heterocycles. The van der Waals surface area contributed by atoms with Crippen molar-refractivity contribution in [3.05, 3.63) is 28.7 Å². The van der Waals surface area contributed by atoms with E-state index in [-0.39, 0.29) is 5.56 Å². The summed E-state index contributed by atoms with van der Waals surface area (Å²) in [5, 5.41) is 1.61. The molecule has 0 aliphatic rings. The number of aromatic nitrogens is 3. The van der Waals surface area contributed by atoms with Crippen molar-refractivity contribution >= 4 is 22.8 Å². The first-order chi connectivity index (χ1) is 7.76. The van der Waals surface area contributed by atoms with Crippen LogP contribution in [0.15, 0.2) is 28.3 Å². The van der Waals surface area contributed by atoms with Crippen molar-refractivity contribution in [2.24, 2.45) is 0 Å². The molecule has 0 atom stereocenters. The summed E-state index contributed by atoms with van der Waals surface area (Å²) in [5.41, 5.74) is 0.730. The van der Waals surface area contributed by atoms with Gasteiger partial charge in [-0.25, -0.2) is 9.97 Å². The Balaban J connectivity index is 2.72. The Morgan fingerprint density at radius 3 is 2.94 bits per heavy atom. The first-order valence-electron chi connectivity index (χ1n) is 5.17. The SMILES string of the molecule is CCCn1c(=O)ccc2cnc(SC)nc21. The zero-order valence-electron chi connectivity index (χ0n) is 9.30. The molecule has 5 heteroatoms. The Kier molecular flexibility index (Phi) is 3.24. The summed E-state index contributed by atoms with van der Waals surface area (Å²) in [5.74, 6) is 0. The van der Waals surface area contributed by atoms with Gasteiger partial charge in [0.05, 0.1) is 0 Å². The standard InChI is InChI=1S/C11H13N3OS/c1-3-6-14-9(15)5-4-8-7-12-11(16-2)13-10(8)14/h4-5,7H,3,6H2,1-2H3. The van der Waals surface area contributed by atoms with Gasteiger partial charge in [0.2, 0.25) is 0 Å². The van der Waals surface area contributed by atoms with Gasteiger partial charge < -0.3 is 0 Å². The Labute approximate surface area is 97.7 Å². The molecule has 0 radical (unpaired) electrons. The van der Waals surface area contributed by atoms with E-state index in [4.69, 9.17) is 0 Å². The number of thioether (sulfide) groups is 1. The molecule has 2 aromatic heterocycles. The molecule has 0 unspecified atom stereocenters. The molecule has 0 saturated carbocycles. The maximum Gasteiger partial charge on any atom is 0.252 e. The molecule has 0 bridgehead atoms. The monoisotopic (exact) mass is 235 g/mol. The topological polar surface area (TPSA) is 47.8 Å². The fraction of sp³-hybridized carbons (Fsp3) is 0.364. The number of nitrogens with zero attached hydrogens (tertiary/aromatic N) is 3. The van der Waals surface area contributed by atoms with Crippen LogP contribution in [0.5, 0.6) is 0 Å². The van der Waals surface area contributed by atoms with Crippen molar-refractivity contribution in [2.75, 3.05) is 6.26 Å². The highest BCUT2D eigenvalue weighted by Crippen LogP contribution is 2.13. The zero-order valence-corrected chi connectivity index (χ0v) is 10.1. The summed E-state index contributed by atoms with van der Waals surface area (Å²) in [7, 11) is 0. The van der Waals surface area contributed by atoms with Crippen molar-refractivity contribution < 1.29 is 0 Å². The summed E-state index contributed by atoms with van der Waals surface area (Å²) in [6, 6.07) is 3.34. The van der Waals surface area contributed by atoms with Crippen LogP contribution in [0.4, 0.5) is 0 Å². The highest BCUT2D eigenvalue weighted by molar-refractivity contribution is 7.98. The Bertz CT molecular complexity index is 565. The molecule has 0 saturated heterocycles. The van der Waals surface area contributed by atoms with Crippen molar-refractivity contribution in [1.82, 2.24) is 14.5 Å². The molecular weight excluding hydrogens is 222 g/mol. The lowest BCUT2D eigenvalue weighted by Crippen LogP contribution is -2.20. The van der Waals surface area contributed by atoms with Crippen LogP contribution in [0, 0.1) is 0 Å². The molecule has 0 amide bonds. The van der Waals surface area contributed by atoms with Gasteiger partial charge in [0.15, 0.2) is 5.16 Å². The first kappa shape index (κ1) is 11.1. The van der Waals surface area contributed by atoms with E-state index in [1.807, 2.05) is 13.2 Å². The molecule has 84 valence electrons. The van der Waals surface area contributed by atoms with E-state index in [1.165, 1.54) is 11.8 Å². The van der Waals surface area contributed by atoms with Crippen LogP contribution in [0.1, 0.15) is 13.3 Å². The Morgan fingerprint density at radius 2 is 2.25 bits per heavy atom. The van der Waals surface area contributed by atoms with Crippen molar-refractivity contribution in [2.45, 2.75) is 25.0 Å². The molecular formula is C11H13N3OS. The number of aryl methyl sites for hydroxylation is 1. The fourth-order valence-electron chi connectivity index (χ4n) is 1.59. The summed E-state index contributed by atoms with van der Waals surface area (Å²) in [4.78, 5) is 20.3. The smallest absolute Gasteiger partial charge is 0.252 e. The van der Waals surface area contributed by atoms with Crippen molar-refractivity contribution in [3.63, 3.8) is 0 Å². The van der Waals surface area contributed by atoms with E-state index in [1.54, 1.807) is 22.9 Å². The van der Waals surface area contributed by atoms with Gasteiger partial charge in [0, 0.05) is 24.2 Å². The number of rotatable bonds is 3. The van der Waals surface area contributed by atoms with Crippen LogP contribution in [0.2, 0.25) is 0 Å². The van der Waals surface area contributed by atoms with Gasteiger partial charge in [-0.3, -0.25) is 9.36 Å². The first-order valence-corrected chi connectivity index (χ1v) is 6.39. The van der Waals surface area contributed by atoms with Gasteiger partial charge in [0.1, 0.15) is 5.65 Å². The maximum atomic E-state index is 11.7. The zero-order chi connectivity index (χ0) is 11.5. The van der Waals surface area contributed by atoms with Gasteiger partial charge in [-0.15, -0.1) is 0 Å². The fourth-order valence-corrected chi connectivity index (χ4v) is 1.93. The minimum atomic E-state index is 0.0000954. The lowest BCUT2D eigenvalue weighted by molar-refractivity contribution is 0.667. The van der Waals surface area contributed by atoms with Gasteiger partial charge >= 0.3 is 0 Å². The molecule has 0 fully saturated rings. The highest BCUT2D eigenvalue weighted by atomic mass is 32.2. The van der Waals surface area contributed by atoms with Crippen LogP contribution in [-0.2, 0) is 6.54 Å². The van der Waals surface area contributed by atoms with Gasteiger partial charge in [-0.1, -0.05) is 18.7 Å². The van der Waals surface area contributed by atoms with Crippen molar-refractivity contribution in [1.29, 1.82) is 0 Å². The van der Waals surface area contributed by atoms with Crippen LogP contribution in [-0.4, -0.2) is 20.8 Å². The molecule has 2 rings (SSSR count). The number of pyridine rings is 1. The van der Waals surface area contributed by atoms with Crippen molar-refractivity contribution in [3.8, 4) is 0 Å². The number of fused-ring (bicyclic) bond motifs is 1. The molecule has 0 N–H and O–H groups in total. The van der Waals surface area contributed by atoms with E-state index in [0.717, 1.165) is 17.5 Å². The van der Waals surface area contributed by atoms with Crippen LogP contribution in [0.25, 0.3) is 11.0 Å². The number of hydrogen-bond acceptors (Lipinski definition) is 4. The van der Waals surface area contributed by atoms with Gasteiger partial charge in [-0.2, -0.15) is 0 Å². The molecule has 2 aromatic rings. The lowest BCUT2D eigenvalue weighted by atomic mass is 10.3. The summed E-state index contributed by atoms with van der Waals surface area (Å²) in [6.07, 6.45) is 4.60. The van der Waals surface area contributed by atoms with E-state index < -0.39 is 0 Å². The second-order valence-electron chi connectivity index (χ2n) is 3.46. The second-order valence-corrected chi connectivity index (χ2v) is 4.23. The predicted molar refractivity (Wildman–Crippen MR) is 65.9 cm³/mol. The molecule has 4 nitrogen and oxygen atoms in total. The van der Waals surface area contributed by atoms with E-state index >= 15 is 0 Å². The number of hydrogen-bond donors (Lipinski definition) is 0. The Hall–Kier alpha value is -1.36.